The van der Waals surface area contributed by atoms with Crippen LogP contribution in [-0.2, 0) is 6.18 Å². The van der Waals surface area contributed by atoms with E-state index in [0.717, 1.165) is 45.1 Å². The van der Waals surface area contributed by atoms with E-state index in [2.05, 4.69) is 10.2 Å². The quantitative estimate of drug-likeness (QED) is 0.765. The fourth-order valence-corrected chi connectivity index (χ4v) is 3.69. The van der Waals surface area contributed by atoms with Gasteiger partial charge in [0.05, 0.1) is 5.56 Å². The van der Waals surface area contributed by atoms with Gasteiger partial charge in [0.1, 0.15) is 0 Å². The van der Waals surface area contributed by atoms with Gasteiger partial charge in [-0.25, -0.2) is 0 Å². The number of benzene rings is 1. The predicted octanol–water partition coefficient (Wildman–Crippen LogP) is 4.95. The first-order valence-corrected chi connectivity index (χ1v) is 8.15. The lowest BCUT2D eigenvalue weighted by Crippen LogP contribution is -2.47. The summed E-state index contributed by atoms with van der Waals surface area (Å²) in [5.41, 5.74) is 0.0703. The smallest absolute Gasteiger partial charge is 0.314 e. The molecule has 0 bridgehead atoms. The Kier molecular flexibility index (Phi) is 8.14. The van der Waals surface area contributed by atoms with Crippen LogP contribution in [0.25, 0.3) is 0 Å². The van der Waals surface area contributed by atoms with Crippen LogP contribution in [0, 0.1) is 5.92 Å². The molecule has 0 radical (unpaired) electrons. The molecule has 2 aliphatic rings. The number of halogens is 6. The fourth-order valence-electron chi connectivity index (χ4n) is 3.44. The van der Waals surface area contributed by atoms with Gasteiger partial charge in [-0.05, 0) is 42.5 Å². The summed E-state index contributed by atoms with van der Waals surface area (Å²) in [7, 11) is 0. The van der Waals surface area contributed by atoms with Gasteiger partial charge in [0.2, 0.25) is 0 Å². The predicted molar refractivity (Wildman–Crippen MR) is 95.5 cm³/mol. The Morgan fingerprint density at radius 3 is 2.21 bits per heavy atom. The van der Waals surface area contributed by atoms with Gasteiger partial charge in [0.25, 0.3) is 0 Å². The van der Waals surface area contributed by atoms with E-state index in [1.165, 1.54) is 12.5 Å². The molecular formula is C16H22Cl3F3N2. The van der Waals surface area contributed by atoms with Crippen LogP contribution in [0.4, 0.5) is 13.2 Å². The molecule has 1 aromatic carbocycles. The molecule has 1 heterocycles. The van der Waals surface area contributed by atoms with Gasteiger partial charge >= 0.3 is 6.18 Å². The molecule has 138 valence electrons. The molecule has 0 spiro atoms. The Hall–Kier alpha value is -0.200. The van der Waals surface area contributed by atoms with Crippen molar-refractivity contribution < 1.29 is 13.2 Å². The van der Waals surface area contributed by atoms with Gasteiger partial charge in [0.15, 0.2) is 0 Å². The molecule has 1 saturated carbocycles. The molecule has 1 aromatic rings. The number of rotatable bonds is 3. The lowest BCUT2D eigenvalue weighted by Gasteiger charge is -2.43. The third-order valence-electron chi connectivity index (χ3n) is 4.73. The van der Waals surface area contributed by atoms with Gasteiger partial charge in [-0.1, -0.05) is 18.0 Å². The molecule has 1 N–H and O–H groups in total. The van der Waals surface area contributed by atoms with E-state index in [1.807, 2.05) is 0 Å². The van der Waals surface area contributed by atoms with Crippen LogP contribution < -0.4 is 5.32 Å². The molecule has 0 aromatic heterocycles. The number of hydrogen-bond donors (Lipinski definition) is 1. The first kappa shape index (κ1) is 21.8. The maximum Gasteiger partial charge on any atom is 0.416 e. The largest absolute Gasteiger partial charge is 0.416 e. The van der Waals surface area contributed by atoms with E-state index in [4.69, 9.17) is 11.6 Å². The van der Waals surface area contributed by atoms with Gasteiger partial charge in [-0.2, -0.15) is 13.2 Å². The van der Waals surface area contributed by atoms with E-state index in [9.17, 15) is 13.2 Å². The van der Waals surface area contributed by atoms with E-state index < -0.39 is 11.7 Å². The van der Waals surface area contributed by atoms with Crippen LogP contribution in [0.2, 0.25) is 5.02 Å². The molecule has 0 amide bonds. The zero-order valence-electron chi connectivity index (χ0n) is 13.1. The minimum Gasteiger partial charge on any atom is -0.314 e. The average Bonchev–Trinajstić information content (AvgIpc) is 2.42. The van der Waals surface area contributed by atoms with Crippen molar-refractivity contribution >= 4 is 36.4 Å². The number of piperazine rings is 1. The Labute approximate surface area is 157 Å². The second-order valence-electron chi connectivity index (χ2n) is 6.19. The van der Waals surface area contributed by atoms with Gasteiger partial charge in [-0.3, -0.25) is 4.90 Å². The van der Waals surface area contributed by atoms with Gasteiger partial charge in [-0.15, -0.1) is 24.8 Å². The molecule has 1 atom stereocenters. The minimum absolute atomic E-state index is 0. The van der Waals surface area contributed by atoms with Crippen LogP contribution in [0.5, 0.6) is 0 Å². The number of nitrogens with zero attached hydrogens (tertiary/aromatic N) is 1. The third kappa shape index (κ3) is 4.92. The van der Waals surface area contributed by atoms with Crippen molar-refractivity contribution in [1.82, 2.24) is 10.2 Å². The van der Waals surface area contributed by atoms with Crippen molar-refractivity contribution in [3.05, 3.63) is 34.3 Å². The Morgan fingerprint density at radius 2 is 1.71 bits per heavy atom. The Morgan fingerprint density at radius 1 is 1.08 bits per heavy atom. The van der Waals surface area contributed by atoms with Crippen LogP contribution in [0.15, 0.2) is 18.2 Å². The molecule has 2 nitrogen and oxygen atoms in total. The number of nitrogens with one attached hydrogen (secondary N) is 1. The Balaban J connectivity index is 0.00000144. The zero-order chi connectivity index (χ0) is 15.7. The molecule has 8 heteroatoms. The molecule has 24 heavy (non-hydrogen) atoms. The van der Waals surface area contributed by atoms with E-state index in [0.29, 0.717) is 11.5 Å². The lowest BCUT2D eigenvalue weighted by molar-refractivity contribution is -0.137. The minimum atomic E-state index is -4.35. The van der Waals surface area contributed by atoms with E-state index in [-0.39, 0.29) is 35.9 Å². The maximum absolute atomic E-state index is 13.1. The molecule has 3 rings (SSSR count). The zero-order valence-corrected chi connectivity index (χ0v) is 15.5. The lowest BCUT2D eigenvalue weighted by atomic mass is 9.76. The van der Waals surface area contributed by atoms with Crippen molar-refractivity contribution in [3.63, 3.8) is 0 Å². The summed E-state index contributed by atoms with van der Waals surface area (Å²) in [5, 5.41) is 3.47. The summed E-state index contributed by atoms with van der Waals surface area (Å²) in [6, 6.07) is 4.06. The van der Waals surface area contributed by atoms with Crippen LogP contribution in [0.3, 0.4) is 0 Å². The molecule has 1 aliphatic carbocycles. The van der Waals surface area contributed by atoms with Gasteiger partial charge < -0.3 is 5.32 Å². The standard InChI is InChI=1S/C16H20ClF3N2.2ClH/c17-14-9-12(8-13(10-14)16(18,19)20)15(11-2-1-3-11)22-6-4-21-5-7-22;;/h8-11,15,21H,1-7H2;2*1H/t15-;;/m0../s1. The summed E-state index contributed by atoms with van der Waals surface area (Å²) < 4.78 is 39.2. The topological polar surface area (TPSA) is 15.3 Å². The highest BCUT2D eigenvalue weighted by Crippen LogP contribution is 2.43. The van der Waals surface area contributed by atoms with Gasteiger partial charge in [0, 0.05) is 37.2 Å². The first-order chi connectivity index (χ1) is 10.4. The number of alkyl halides is 3. The maximum atomic E-state index is 13.1. The summed E-state index contributed by atoms with van der Waals surface area (Å²) in [6.45, 7) is 3.51. The van der Waals surface area contributed by atoms with E-state index >= 15 is 0 Å². The molecule has 1 saturated heterocycles. The van der Waals surface area contributed by atoms with Crippen molar-refractivity contribution in [3.8, 4) is 0 Å². The average molecular weight is 406 g/mol. The van der Waals surface area contributed by atoms with E-state index in [1.54, 1.807) is 6.07 Å². The highest BCUT2D eigenvalue weighted by Gasteiger charge is 2.36. The van der Waals surface area contributed by atoms with Crippen LogP contribution in [-0.4, -0.2) is 31.1 Å². The van der Waals surface area contributed by atoms with Crippen LogP contribution >= 0.6 is 36.4 Å². The second kappa shape index (κ2) is 8.95. The first-order valence-electron chi connectivity index (χ1n) is 7.77. The molecule has 1 aliphatic heterocycles. The molecule has 2 fully saturated rings. The normalized spacial score (nSPS) is 20.5. The van der Waals surface area contributed by atoms with Crippen molar-refractivity contribution in [2.45, 2.75) is 31.5 Å². The SMILES string of the molecule is Cl.Cl.FC(F)(F)c1cc(Cl)cc([C@H](C2CCC2)N2CCNCC2)c1. The summed E-state index contributed by atoms with van der Waals surface area (Å²) in [4.78, 5) is 2.31. The Bertz CT molecular complexity index is 530. The summed E-state index contributed by atoms with van der Waals surface area (Å²) in [6.07, 6.45) is -1.02. The van der Waals surface area contributed by atoms with Crippen LogP contribution in [0.1, 0.15) is 36.4 Å². The van der Waals surface area contributed by atoms with Crippen molar-refractivity contribution in [2.24, 2.45) is 5.92 Å². The highest BCUT2D eigenvalue weighted by molar-refractivity contribution is 6.30. The highest BCUT2D eigenvalue weighted by atomic mass is 35.5. The fraction of sp³-hybridized carbons (Fsp3) is 0.625. The van der Waals surface area contributed by atoms with Crippen molar-refractivity contribution in [1.29, 1.82) is 0 Å². The van der Waals surface area contributed by atoms with Crippen molar-refractivity contribution in [2.75, 3.05) is 26.2 Å². The number of hydrogen-bond acceptors (Lipinski definition) is 2. The summed E-state index contributed by atoms with van der Waals surface area (Å²) >= 11 is 5.97. The molecular weight excluding hydrogens is 384 g/mol. The monoisotopic (exact) mass is 404 g/mol. The molecule has 0 unspecified atom stereocenters. The summed E-state index contributed by atoms with van der Waals surface area (Å²) in [5.74, 6) is 0.442. The third-order valence-corrected chi connectivity index (χ3v) is 4.95. The second-order valence-corrected chi connectivity index (χ2v) is 6.63.